The van der Waals surface area contributed by atoms with E-state index in [1.54, 1.807) is 17.5 Å². The predicted molar refractivity (Wildman–Crippen MR) is 96.6 cm³/mol. The standard InChI is InChI=1S/C18H22N4O2S/c23-16(21-6-3-1-2-4-7-21)9-14-10-20-18(24)15-11-19-17(22(14)15)13-5-8-25-12-13/h5,8,11-12,14H,1-4,6-7,9-10H2,(H,20,24). The minimum Gasteiger partial charge on any atom is -0.349 e. The number of thiophene rings is 1. The third kappa shape index (κ3) is 3.20. The van der Waals surface area contributed by atoms with Crippen molar-refractivity contribution in [2.45, 2.75) is 38.1 Å². The van der Waals surface area contributed by atoms with Crippen LogP contribution in [0.2, 0.25) is 0 Å². The van der Waals surface area contributed by atoms with E-state index in [1.807, 2.05) is 26.3 Å². The molecule has 1 saturated heterocycles. The molecule has 4 heterocycles. The summed E-state index contributed by atoms with van der Waals surface area (Å²) < 4.78 is 1.95. The van der Waals surface area contributed by atoms with Crippen molar-refractivity contribution in [3.63, 3.8) is 0 Å². The fourth-order valence-corrected chi connectivity index (χ4v) is 4.34. The summed E-state index contributed by atoms with van der Waals surface area (Å²) in [5.74, 6) is 0.839. The Morgan fingerprint density at radius 1 is 1.28 bits per heavy atom. The average Bonchev–Trinajstić information content (AvgIpc) is 3.21. The molecule has 1 unspecified atom stereocenters. The molecule has 1 N–H and O–H groups in total. The second kappa shape index (κ2) is 7.00. The topological polar surface area (TPSA) is 67.2 Å². The number of imidazole rings is 1. The summed E-state index contributed by atoms with van der Waals surface area (Å²) in [5, 5.41) is 6.92. The number of hydrogen-bond acceptors (Lipinski definition) is 4. The molecular formula is C18H22N4O2S. The monoisotopic (exact) mass is 358 g/mol. The molecule has 2 amide bonds. The van der Waals surface area contributed by atoms with Gasteiger partial charge in [-0.2, -0.15) is 11.3 Å². The summed E-state index contributed by atoms with van der Waals surface area (Å²) in [4.78, 5) is 31.4. The number of nitrogens with zero attached hydrogens (tertiary/aromatic N) is 3. The molecule has 6 nitrogen and oxygen atoms in total. The summed E-state index contributed by atoms with van der Waals surface area (Å²) >= 11 is 1.60. The zero-order valence-corrected chi connectivity index (χ0v) is 14.9. The van der Waals surface area contributed by atoms with E-state index in [1.165, 1.54) is 12.8 Å². The number of hydrogen-bond donors (Lipinski definition) is 1. The van der Waals surface area contributed by atoms with E-state index >= 15 is 0 Å². The second-order valence-corrected chi connectivity index (χ2v) is 7.49. The van der Waals surface area contributed by atoms with E-state index in [2.05, 4.69) is 10.3 Å². The lowest BCUT2D eigenvalue weighted by atomic mass is 10.1. The molecule has 0 saturated carbocycles. The van der Waals surface area contributed by atoms with Crippen molar-refractivity contribution >= 4 is 23.2 Å². The Bertz CT molecular complexity index is 760. The highest BCUT2D eigenvalue weighted by Gasteiger charge is 2.31. The fraction of sp³-hybridized carbons (Fsp3) is 0.500. The van der Waals surface area contributed by atoms with Crippen LogP contribution in [-0.4, -0.2) is 45.9 Å². The number of amides is 2. The van der Waals surface area contributed by atoms with Crippen LogP contribution in [0.25, 0.3) is 11.4 Å². The molecule has 2 aliphatic heterocycles. The van der Waals surface area contributed by atoms with Crippen LogP contribution in [0.4, 0.5) is 0 Å². The first-order valence-electron chi connectivity index (χ1n) is 8.90. The van der Waals surface area contributed by atoms with Gasteiger partial charge < -0.3 is 14.8 Å². The summed E-state index contributed by atoms with van der Waals surface area (Å²) in [6.07, 6.45) is 6.60. The summed E-state index contributed by atoms with van der Waals surface area (Å²) in [5.41, 5.74) is 1.54. The lowest BCUT2D eigenvalue weighted by Crippen LogP contribution is -2.42. The highest BCUT2D eigenvalue weighted by Crippen LogP contribution is 2.29. The van der Waals surface area contributed by atoms with Crippen LogP contribution in [0, 0.1) is 0 Å². The smallest absolute Gasteiger partial charge is 0.269 e. The Morgan fingerprint density at radius 2 is 2.08 bits per heavy atom. The highest BCUT2D eigenvalue weighted by molar-refractivity contribution is 7.08. The van der Waals surface area contributed by atoms with Gasteiger partial charge in [-0.1, -0.05) is 12.8 Å². The maximum absolute atomic E-state index is 12.8. The van der Waals surface area contributed by atoms with Gasteiger partial charge >= 0.3 is 0 Å². The van der Waals surface area contributed by atoms with E-state index in [4.69, 9.17) is 0 Å². The molecule has 2 aliphatic rings. The number of carbonyl (C=O) groups excluding carboxylic acids is 2. The van der Waals surface area contributed by atoms with E-state index in [0.717, 1.165) is 37.3 Å². The molecule has 25 heavy (non-hydrogen) atoms. The molecular weight excluding hydrogens is 336 g/mol. The normalized spacial score (nSPS) is 20.7. The van der Waals surface area contributed by atoms with E-state index in [0.29, 0.717) is 18.7 Å². The molecule has 2 aromatic rings. The maximum atomic E-state index is 12.8. The number of fused-ring (bicyclic) bond motifs is 1. The van der Waals surface area contributed by atoms with Gasteiger partial charge in [-0.15, -0.1) is 0 Å². The molecule has 0 bridgehead atoms. The lowest BCUT2D eigenvalue weighted by Gasteiger charge is -2.29. The van der Waals surface area contributed by atoms with Gasteiger partial charge in [-0.25, -0.2) is 4.98 Å². The Hall–Kier alpha value is -2.15. The number of likely N-dealkylation sites (tertiary alicyclic amines) is 1. The highest BCUT2D eigenvalue weighted by atomic mass is 32.1. The SMILES string of the molecule is O=C1NCC(CC(=O)N2CCCCCC2)n2c1cnc2-c1ccsc1. The fourth-order valence-electron chi connectivity index (χ4n) is 3.71. The Morgan fingerprint density at radius 3 is 2.80 bits per heavy atom. The molecule has 0 aromatic carbocycles. The number of rotatable bonds is 3. The molecule has 4 rings (SSSR count). The molecule has 1 atom stereocenters. The van der Waals surface area contributed by atoms with Crippen LogP contribution in [0.1, 0.15) is 48.6 Å². The van der Waals surface area contributed by atoms with Crippen molar-refractivity contribution in [3.05, 3.63) is 28.7 Å². The van der Waals surface area contributed by atoms with Crippen LogP contribution in [-0.2, 0) is 4.79 Å². The lowest BCUT2D eigenvalue weighted by molar-refractivity contribution is -0.132. The van der Waals surface area contributed by atoms with Crippen molar-refractivity contribution < 1.29 is 9.59 Å². The molecule has 1 fully saturated rings. The summed E-state index contributed by atoms with van der Waals surface area (Å²) in [7, 11) is 0. The minimum atomic E-state index is -0.118. The van der Waals surface area contributed by atoms with Gasteiger partial charge in [-0.3, -0.25) is 9.59 Å². The van der Waals surface area contributed by atoms with Crippen LogP contribution in [0.15, 0.2) is 23.0 Å². The van der Waals surface area contributed by atoms with Gasteiger partial charge in [0.05, 0.1) is 12.2 Å². The molecule has 132 valence electrons. The van der Waals surface area contributed by atoms with Crippen molar-refractivity contribution in [3.8, 4) is 11.4 Å². The zero-order valence-electron chi connectivity index (χ0n) is 14.1. The van der Waals surface area contributed by atoms with Gasteiger partial charge in [0.25, 0.3) is 5.91 Å². The maximum Gasteiger partial charge on any atom is 0.269 e. The first-order chi connectivity index (χ1) is 12.2. The molecule has 0 spiro atoms. The quantitative estimate of drug-likeness (QED) is 0.917. The third-order valence-corrected chi connectivity index (χ3v) is 5.72. The van der Waals surface area contributed by atoms with Crippen molar-refractivity contribution in [2.75, 3.05) is 19.6 Å². The Labute approximate surface area is 150 Å². The Balaban J connectivity index is 1.59. The largest absolute Gasteiger partial charge is 0.349 e. The summed E-state index contributed by atoms with van der Waals surface area (Å²) in [6.45, 7) is 2.18. The van der Waals surface area contributed by atoms with Crippen molar-refractivity contribution in [1.82, 2.24) is 19.8 Å². The van der Waals surface area contributed by atoms with Gasteiger partial charge in [0.1, 0.15) is 11.5 Å². The molecule has 0 aliphatic carbocycles. The summed E-state index contributed by atoms with van der Waals surface area (Å²) in [6, 6.07) is 1.92. The third-order valence-electron chi connectivity index (χ3n) is 5.04. The number of aromatic nitrogens is 2. The van der Waals surface area contributed by atoms with Crippen molar-refractivity contribution in [2.24, 2.45) is 0 Å². The Kier molecular flexibility index (Phi) is 4.57. The number of nitrogens with one attached hydrogen (secondary N) is 1. The second-order valence-electron chi connectivity index (χ2n) is 6.71. The molecule has 2 aromatic heterocycles. The van der Waals surface area contributed by atoms with Gasteiger partial charge in [0.15, 0.2) is 0 Å². The first-order valence-corrected chi connectivity index (χ1v) is 9.84. The van der Waals surface area contributed by atoms with Gasteiger partial charge in [0, 0.05) is 37.0 Å². The number of carbonyl (C=O) groups is 2. The van der Waals surface area contributed by atoms with E-state index < -0.39 is 0 Å². The van der Waals surface area contributed by atoms with E-state index in [-0.39, 0.29) is 17.9 Å². The van der Waals surface area contributed by atoms with Crippen LogP contribution in [0.3, 0.4) is 0 Å². The van der Waals surface area contributed by atoms with Crippen LogP contribution in [0.5, 0.6) is 0 Å². The van der Waals surface area contributed by atoms with Crippen LogP contribution < -0.4 is 5.32 Å². The van der Waals surface area contributed by atoms with Crippen molar-refractivity contribution in [1.29, 1.82) is 0 Å². The van der Waals surface area contributed by atoms with Gasteiger partial charge in [0.2, 0.25) is 5.91 Å². The first kappa shape index (κ1) is 16.3. The predicted octanol–water partition coefficient (Wildman–Crippen LogP) is 2.69. The molecule has 7 heteroatoms. The average molecular weight is 358 g/mol. The van der Waals surface area contributed by atoms with Gasteiger partial charge in [-0.05, 0) is 24.3 Å². The minimum absolute atomic E-state index is 0.0825. The molecule has 0 radical (unpaired) electrons. The van der Waals surface area contributed by atoms with E-state index in [9.17, 15) is 9.59 Å². The zero-order chi connectivity index (χ0) is 17.2. The van der Waals surface area contributed by atoms with Crippen LogP contribution >= 0.6 is 11.3 Å².